The van der Waals surface area contributed by atoms with Crippen molar-refractivity contribution in [2.75, 3.05) is 13.7 Å². The predicted molar refractivity (Wildman–Crippen MR) is 65.6 cm³/mol. The van der Waals surface area contributed by atoms with Crippen molar-refractivity contribution < 1.29 is 23.0 Å². The predicted octanol–water partition coefficient (Wildman–Crippen LogP) is 2.87. The molecule has 106 valence electrons. The van der Waals surface area contributed by atoms with E-state index in [1.807, 2.05) is 0 Å². The maximum atomic E-state index is 13.1. The van der Waals surface area contributed by atoms with Gasteiger partial charge in [0.2, 0.25) is 0 Å². The van der Waals surface area contributed by atoms with Crippen LogP contribution in [-0.2, 0) is 21.8 Å². The van der Waals surface area contributed by atoms with Crippen molar-refractivity contribution in [3.8, 4) is 5.75 Å². The minimum atomic E-state index is -2.81. The number of hydrogen-bond acceptors (Lipinski definition) is 4. The van der Waals surface area contributed by atoms with Crippen molar-refractivity contribution >= 4 is 17.6 Å². The summed E-state index contributed by atoms with van der Waals surface area (Å²) < 4.78 is 35.9. The summed E-state index contributed by atoms with van der Waals surface area (Å²) in [7, 11) is 1.27. The van der Waals surface area contributed by atoms with Gasteiger partial charge in [-0.15, -0.1) is 11.6 Å². The third-order valence-electron chi connectivity index (χ3n) is 2.41. The van der Waals surface area contributed by atoms with Gasteiger partial charge in [0.1, 0.15) is 5.75 Å². The first kappa shape index (κ1) is 15.6. The van der Waals surface area contributed by atoms with E-state index in [0.717, 1.165) is 0 Å². The van der Waals surface area contributed by atoms with Gasteiger partial charge in [0, 0.05) is 11.8 Å². The van der Waals surface area contributed by atoms with E-state index in [9.17, 15) is 13.6 Å². The van der Waals surface area contributed by atoms with Crippen LogP contribution in [-0.4, -0.2) is 24.7 Å². The van der Waals surface area contributed by atoms with E-state index < -0.39 is 18.0 Å². The molecule has 0 N–H and O–H groups in total. The van der Waals surface area contributed by atoms with Gasteiger partial charge in [-0.05, 0) is 6.92 Å². The van der Waals surface area contributed by atoms with E-state index in [2.05, 4.69) is 4.98 Å². The highest BCUT2D eigenvalue weighted by atomic mass is 35.5. The number of carbonyl (C=O) groups excluding carboxylic acids is 1. The van der Waals surface area contributed by atoms with Gasteiger partial charge >= 0.3 is 5.97 Å². The molecule has 1 heterocycles. The SMILES string of the molecule is CCOC(=O)Cc1ncc(CCl)c(OC)c1C(F)F. The van der Waals surface area contributed by atoms with Crippen molar-refractivity contribution in [1.82, 2.24) is 4.98 Å². The minimum Gasteiger partial charge on any atom is -0.496 e. The quantitative estimate of drug-likeness (QED) is 0.598. The van der Waals surface area contributed by atoms with Gasteiger partial charge in [-0.1, -0.05) is 0 Å². The molecule has 1 aromatic rings. The summed E-state index contributed by atoms with van der Waals surface area (Å²) >= 11 is 5.64. The Bertz CT molecular complexity index is 455. The standard InChI is InChI=1S/C12H14ClF2NO3/c1-3-19-9(17)4-8-10(12(14)15)11(18-2)7(5-13)6-16-8/h6,12H,3-5H2,1-2H3. The van der Waals surface area contributed by atoms with Crippen LogP contribution in [0.3, 0.4) is 0 Å². The molecule has 0 aliphatic rings. The highest BCUT2D eigenvalue weighted by Gasteiger charge is 2.24. The summed E-state index contributed by atoms with van der Waals surface area (Å²) in [6, 6.07) is 0. The molecule has 0 atom stereocenters. The van der Waals surface area contributed by atoms with Gasteiger partial charge in [-0.2, -0.15) is 0 Å². The zero-order valence-corrected chi connectivity index (χ0v) is 11.3. The van der Waals surface area contributed by atoms with Gasteiger partial charge in [0.05, 0.1) is 37.3 Å². The smallest absolute Gasteiger partial charge is 0.311 e. The van der Waals surface area contributed by atoms with Crippen LogP contribution in [0.5, 0.6) is 5.75 Å². The Balaban J connectivity index is 3.20. The molecule has 0 aliphatic heterocycles. The van der Waals surface area contributed by atoms with E-state index in [-0.39, 0.29) is 30.4 Å². The second-order valence-electron chi connectivity index (χ2n) is 3.59. The van der Waals surface area contributed by atoms with Crippen LogP contribution >= 0.6 is 11.6 Å². The molecular weight excluding hydrogens is 280 g/mol. The average Bonchev–Trinajstić information content (AvgIpc) is 2.37. The Morgan fingerprint density at radius 3 is 2.68 bits per heavy atom. The Morgan fingerprint density at radius 2 is 2.21 bits per heavy atom. The number of esters is 1. The average molecular weight is 294 g/mol. The molecule has 0 unspecified atom stereocenters. The fourth-order valence-corrected chi connectivity index (χ4v) is 1.83. The van der Waals surface area contributed by atoms with E-state index in [4.69, 9.17) is 21.1 Å². The summed E-state index contributed by atoms with van der Waals surface area (Å²) in [5.41, 5.74) is -0.111. The molecule has 0 radical (unpaired) electrons. The minimum absolute atomic E-state index is 0.00439. The van der Waals surface area contributed by atoms with Crippen molar-refractivity contribution in [3.63, 3.8) is 0 Å². The molecular formula is C12H14ClF2NO3. The largest absolute Gasteiger partial charge is 0.496 e. The highest BCUT2D eigenvalue weighted by Crippen LogP contribution is 2.35. The monoisotopic (exact) mass is 293 g/mol. The molecule has 1 aromatic heterocycles. The first-order chi connectivity index (χ1) is 9.04. The number of nitrogens with zero attached hydrogens (tertiary/aromatic N) is 1. The van der Waals surface area contributed by atoms with Crippen molar-refractivity contribution in [3.05, 3.63) is 23.0 Å². The van der Waals surface area contributed by atoms with Crippen LogP contribution in [0.2, 0.25) is 0 Å². The number of halogens is 3. The summed E-state index contributed by atoms with van der Waals surface area (Å²) in [5, 5.41) is 0. The maximum absolute atomic E-state index is 13.1. The van der Waals surface area contributed by atoms with Gasteiger partial charge in [-0.3, -0.25) is 9.78 Å². The fraction of sp³-hybridized carbons (Fsp3) is 0.500. The van der Waals surface area contributed by atoms with Gasteiger partial charge in [0.25, 0.3) is 6.43 Å². The molecule has 0 aromatic carbocycles. The number of rotatable bonds is 6. The number of ether oxygens (including phenoxy) is 2. The Hall–Kier alpha value is -1.43. The topological polar surface area (TPSA) is 48.4 Å². The molecule has 0 bridgehead atoms. The summed E-state index contributed by atoms with van der Waals surface area (Å²) in [5.74, 6) is -0.646. The maximum Gasteiger partial charge on any atom is 0.311 e. The lowest BCUT2D eigenvalue weighted by Gasteiger charge is -2.15. The first-order valence-electron chi connectivity index (χ1n) is 5.59. The number of carbonyl (C=O) groups is 1. The summed E-state index contributed by atoms with van der Waals surface area (Å²) in [6.45, 7) is 1.82. The molecule has 19 heavy (non-hydrogen) atoms. The van der Waals surface area contributed by atoms with Crippen molar-refractivity contribution in [2.24, 2.45) is 0 Å². The Labute approximate surface area is 114 Å². The first-order valence-corrected chi connectivity index (χ1v) is 6.12. The normalized spacial score (nSPS) is 10.6. The number of methoxy groups -OCH3 is 1. The van der Waals surface area contributed by atoms with Gasteiger partial charge < -0.3 is 9.47 Å². The van der Waals surface area contributed by atoms with Crippen molar-refractivity contribution in [2.45, 2.75) is 25.7 Å². The number of alkyl halides is 3. The fourth-order valence-electron chi connectivity index (χ4n) is 1.64. The zero-order chi connectivity index (χ0) is 14.4. The molecule has 0 saturated carbocycles. The number of pyridine rings is 1. The third-order valence-corrected chi connectivity index (χ3v) is 2.69. The third kappa shape index (κ3) is 3.76. The second kappa shape index (κ2) is 7.23. The molecule has 0 fully saturated rings. The molecule has 7 heteroatoms. The van der Waals surface area contributed by atoms with Gasteiger partial charge in [0.15, 0.2) is 0 Å². The van der Waals surface area contributed by atoms with Crippen molar-refractivity contribution in [1.29, 1.82) is 0 Å². The molecule has 4 nitrogen and oxygen atoms in total. The highest BCUT2D eigenvalue weighted by molar-refractivity contribution is 6.17. The van der Waals surface area contributed by atoms with Crippen LogP contribution in [0.15, 0.2) is 6.20 Å². The van der Waals surface area contributed by atoms with E-state index in [1.54, 1.807) is 6.92 Å². The van der Waals surface area contributed by atoms with E-state index >= 15 is 0 Å². The van der Waals surface area contributed by atoms with E-state index in [0.29, 0.717) is 5.56 Å². The number of aromatic nitrogens is 1. The lowest BCUT2D eigenvalue weighted by atomic mass is 10.1. The zero-order valence-electron chi connectivity index (χ0n) is 10.6. The van der Waals surface area contributed by atoms with E-state index in [1.165, 1.54) is 13.3 Å². The lowest BCUT2D eigenvalue weighted by molar-refractivity contribution is -0.142. The van der Waals surface area contributed by atoms with Crippen LogP contribution in [0.1, 0.15) is 30.2 Å². The molecule has 0 spiro atoms. The summed E-state index contributed by atoms with van der Waals surface area (Å²) in [4.78, 5) is 15.2. The number of hydrogen-bond donors (Lipinski definition) is 0. The second-order valence-corrected chi connectivity index (χ2v) is 3.86. The Morgan fingerprint density at radius 1 is 1.53 bits per heavy atom. The van der Waals surface area contributed by atoms with Crippen LogP contribution < -0.4 is 4.74 Å². The Kier molecular flexibility index (Phi) is 5.95. The molecule has 0 saturated heterocycles. The van der Waals surface area contributed by atoms with Crippen LogP contribution in [0.4, 0.5) is 8.78 Å². The summed E-state index contributed by atoms with van der Waals surface area (Å²) in [6.07, 6.45) is -1.81. The van der Waals surface area contributed by atoms with Gasteiger partial charge in [-0.25, -0.2) is 8.78 Å². The molecule has 1 rings (SSSR count). The van der Waals surface area contributed by atoms with Crippen LogP contribution in [0, 0.1) is 0 Å². The lowest BCUT2D eigenvalue weighted by Crippen LogP contribution is -2.12. The molecule has 0 aliphatic carbocycles. The van der Waals surface area contributed by atoms with Crippen LogP contribution in [0.25, 0.3) is 0 Å². The molecule has 0 amide bonds.